The van der Waals surface area contributed by atoms with E-state index in [2.05, 4.69) is 31.1 Å². The highest BCUT2D eigenvalue weighted by Gasteiger charge is 2.20. The Labute approximate surface area is 148 Å². The number of hydrogen-bond donors (Lipinski definition) is 1. The molecule has 0 aliphatic carbocycles. The van der Waals surface area contributed by atoms with E-state index in [-0.39, 0.29) is 0 Å². The summed E-state index contributed by atoms with van der Waals surface area (Å²) in [4.78, 5) is 11.6. The van der Waals surface area contributed by atoms with E-state index >= 15 is 0 Å². The van der Waals surface area contributed by atoms with Crippen molar-refractivity contribution in [2.24, 2.45) is 5.92 Å². The summed E-state index contributed by atoms with van der Waals surface area (Å²) in [5, 5.41) is 7.13. The minimum atomic E-state index is 0.693. The van der Waals surface area contributed by atoms with E-state index in [9.17, 15) is 0 Å². The second kappa shape index (κ2) is 7.57. The summed E-state index contributed by atoms with van der Waals surface area (Å²) in [6.45, 7) is 3.20. The van der Waals surface area contributed by atoms with Crippen molar-refractivity contribution < 1.29 is 0 Å². The molecule has 0 spiro atoms. The average Bonchev–Trinajstić information content (AvgIpc) is 3.16. The first-order valence-corrected chi connectivity index (χ1v) is 8.94. The number of nitrogens with one attached hydrogen (secondary N) is 1. The van der Waals surface area contributed by atoms with E-state index in [1.165, 1.54) is 24.1 Å². The molecule has 4 rings (SSSR count). The Morgan fingerprint density at radius 2 is 1.92 bits per heavy atom. The quantitative estimate of drug-likeness (QED) is 0.778. The summed E-state index contributed by atoms with van der Waals surface area (Å²) < 4.78 is 0. The molecule has 0 radical (unpaired) electrons. The van der Waals surface area contributed by atoms with E-state index in [0.29, 0.717) is 5.92 Å². The molecule has 1 saturated heterocycles. The molecule has 1 fully saturated rings. The van der Waals surface area contributed by atoms with Crippen LogP contribution in [0, 0.1) is 5.92 Å². The van der Waals surface area contributed by atoms with Gasteiger partial charge >= 0.3 is 0 Å². The second-order valence-corrected chi connectivity index (χ2v) is 6.81. The summed E-state index contributed by atoms with van der Waals surface area (Å²) in [7, 11) is 0. The highest BCUT2D eigenvalue weighted by molar-refractivity contribution is 5.53. The third-order valence-electron chi connectivity index (χ3n) is 4.81. The standard InChI is InChI=1S/C20H23N5/c1-2-6-18(7-3-1)20-21-12-17(13-22-20)15-25-10-4-5-16(14-25)11-19-8-9-23-24-19/h1-3,6-9,12-13,16H,4-5,10-11,14-15H2,(H,23,24). The van der Waals surface area contributed by atoms with Crippen LogP contribution >= 0.6 is 0 Å². The highest BCUT2D eigenvalue weighted by atomic mass is 15.1. The van der Waals surface area contributed by atoms with Crippen LogP contribution in [0.4, 0.5) is 0 Å². The molecule has 5 heteroatoms. The molecule has 1 unspecified atom stereocenters. The SMILES string of the molecule is c1ccc(-c2ncc(CN3CCCC(Cc4ccn[nH]4)C3)cn2)cc1. The largest absolute Gasteiger partial charge is 0.299 e. The minimum Gasteiger partial charge on any atom is -0.299 e. The Morgan fingerprint density at radius 3 is 2.68 bits per heavy atom. The summed E-state index contributed by atoms with van der Waals surface area (Å²) in [6.07, 6.45) is 9.39. The first-order valence-electron chi connectivity index (χ1n) is 8.94. The molecule has 1 aromatic carbocycles. The van der Waals surface area contributed by atoms with Crippen molar-refractivity contribution in [1.82, 2.24) is 25.1 Å². The van der Waals surface area contributed by atoms with Crippen molar-refractivity contribution >= 4 is 0 Å². The molecule has 25 heavy (non-hydrogen) atoms. The van der Waals surface area contributed by atoms with Crippen molar-refractivity contribution in [1.29, 1.82) is 0 Å². The number of hydrogen-bond acceptors (Lipinski definition) is 4. The summed E-state index contributed by atoms with van der Waals surface area (Å²) in [6, 6.07) is 12.2. The predicted molar refractivity (Wildman–Crippen MR) is 97.8 cm³/mol. The molecule has 0 bridgehead atoms. The molecular weight excluding hydrogens is 310 g/mol. The molecule has 3 aromatic rings. The van der Waals surface area contributed by atoms with Crippen LogP contribution in [0.15, 0.2) is 55.0 Å². The zero-order valence-electron chi connectivity index (χ0n) is 14.3. The number of likely N-dealkylation sites (tertiary alicyclic amines) is 1. The molecule has 1 N–H and O–H groups in total. The van der Waals surface area contributed by atoms with Crippen molar-refractivity contribution in [2.75, 3.05) is 13.1 Å². The van der Waals surface area contributed by atoms with E-state index in [1.807, 2.05) is 48.9 Å². The third-order valence-corrected chi connectivity index (χ3v) is 4.81. The van der Waals surface area contributed by atoms with Crippen LogP contribution in [0.3, 0.4) is 0 Å². The summed E-state index contributed by atoms with van der Waals surface area (Å²) >= 11 is 0. The van der Waals surface area contributed by atoms with Gasteiger partial charge in [0.15, 0.2) is 5.82 Å². The molecule has 5 nitrogen and oxygen atoms in total. The Balaban J connectivity index is 1.36. The molecule has 1 atom stereocenters. The van der Waals surface area contributed by atoms with Gasteiger partial charge in [0.2, 0.25) is 0 Å². The number of benzene rings is 1. The fraction of sp³-hybridized carbons (Fsp3) is 0.350. The number of H-pyrrole nitrogens is 1. The fourth-order valence-electron chi connectivity index (χ4n) is 3.60. The van der Waals surface area contributed by atoms with E-state index in [1.54, 1.807) is 0 Å². The van der Waals surface area contributed by atoms with E-state index in [0.717, 1.165) is 37.4 Å². The minimum absolute atomic E-state index is 0.693. The molecule has 2 aromatic heterocycles. The first kappa shape index (κ1) is 16.0. The normalized spacial score (nSPS) is 18.3. The van der Waals surface area contributed by atoms with E-state index < -0.39 is 0 Å². The van der Waals surface area contributed by atoms with Gasteiger partial charge in [-0.25, -0.2) is 9.97 Å². The van der Waals surface area contributed by atoms with Gasteiger partial charge < -0.3 is 0 Å². The van der Waals surface area contributed by atoms with E-state index in [4.69, 9.17) is 0 Å². The van der Waals surface area contributed by atoms with Gasteiger partial charge in [-0.1, -0.05) is 30.3 Å². The van der Waals surface area contributed by atoms with Gasteiger partial charge in [-0.2, -0.15) is 5.10 Å². The highest BCUT2D eigenvalue weighted by Crippen LogP contribution is 2.21. The summed E-state index contributed by atoms with van der Waals surface area (Å²) in [5.41, 5.74) is 3.48. The Morgan fingerprint density at radius 1 is 1.08 bits per heavy atom. The number of aromatic amines is 1. The Bertz CT molecular complexity index is 768. The number of piperidine rings is 1. The monoisotopic (exact) mass is 333 g/mol. The zero-order chi connectivity index (χ0) is 16.9. The van der Waals surface area contributed by atoms with Gasteiger partial charge in [-0.15, -0.1) is 0 Å². The van der Waals surface area contributed by atoms with Crippen LogP contribution in [0.2, 0.25) is 0 Å². The molecular formula is C20H23N5. The number of rotatable bonds is 5. The third kappa shape index (κ3) is 4.12. The average molecular weight is 333 g/mol. The lowest BCUT2D eigenvalue weighted by molar-refractivity contribution is 0.166. The van der Waals surface area contributed by atoms with Crippen LogP contribution in [-0.4, -0.2) is 38.2 Å². The second-order valence-electron chi connectivity index (χ2n) is 6.81. The predicted octanol–water partition coefficient (Wildman–Crippen LogP) is 3.32. The van der Waals surface area contributed by atoms with Gasteiger partial charge in [0, 0.05) is 48.5 Å². The summed E-state index contributed by atoms with van der Waals surface area (Å²) in [5.74, 6) is 1.49. The molecule has 128 valence electrons. The van der Waals surface area contributed by atoms with Crippen molar-refractivity contribution in [3.63, 3.8) is 0 Å². The smallest absolute Gasteiger partial charge is 0.159 e. The van der Waals surface area contributed by atoms with Gasteiger partial charge in [-0.05, 0) is 37.8 Å². The van der Waals surface area contributed by atoms with Crippen molar-refractivity contribution in [3.8, 4) is 11.4 Å². The molecule has 0 saturated carbocycles. The molecule has 0 amide bonds. The Hall–Kier alpha value is -2.53. The van der Waals surface area contributed by atoms with Crippen LogP contribution in [0.25, 0.3) is 11.4 Å². The Kier molecular flexibility index (Phi) is 4.84. The maximum Gasteiger partial charge on any atom is 0.159 e. The lowest BCUT2D eigenvalue weighted by Crippen LogP contribution is -2.35. The van der Waals surface area contributed by atoms with Crippen molar-refractivity contribution in [2.45, 2.75) is 25.8 Å². The van der Waals surface area contributed by atoms with Crippen LogP contribution in [0.5, 0.6) is 0 Å². The van der Waals surface area contributed by atoms with Gasteiger partial charge in [-0.3, -0.25) is 10.00 Å². The van der Waals surface area contributed by atoms with Crippen LogP contribution < -0.4 is 0 Å². The topological polar surface area (TPSA) is 57.7 Å². The van der Waals surface area contributed by atoms with Crippen molar-refractivity contribution in [3.05, 3.63) is 66.2 Å². The van der Waals surface area contributed by atoms with Gasteiger partial charge in [0.05, 0.1) is 0 Å². The fourth-order valence-corrected chi connectivity index (χ4v) is 3.60. The lowest BCUT2D eigenvalue weighted by Gasteiger charge is -2.32. The maximum absolute atomic E-state index is 4.54. The first-order chi connectivity index (χ1) is 12.4. The number of aromatic nitrogens is 4. The zero-order valence-corrected chi connectivity index (χ0v) is 14.3. The van der Waals surface area contributed by atoms with Crippen LogP contribution in [0.1, 0.15) is 24.1 Å². The molecule has 1 aliphatic heterocycles. The molecule has 1 aliphatic rings. The van der Waals surface area contributed by atoms with Gasteiger partial charge in [0.25, 0.3) is 0 Å². The van der Waals surface area contributed by atoms with Crippen LogP contribution in [-0.2, 0) is 13.0 Å². The number of nitrogens with zero attached hydrogens (tertiary/aromatic N) is 4. The van der Waals surface area contributed by atoms with Gasteiger partial charge in [0.1, 0.15) is 0 Å². The maximum atomic E-state index is 4.54. The molecule has 3 heterocycles. The lowest BCUT2D eigenvalue weighted by atomic mass is 9.93.